The fourth-order valence-electron chi connectivity index (χ4n) is 6.70. The Morgan fingerprint density at radius 1 is 0.410 bits per heavy atom. The lowest BCUT2D eigenvalue weighted by Gasteiger charge is -2.40. The van der Waals surface area contributed by atoms with Crippen molar-refractivity contribution in [1.82, 2.24) is 0 Å². The third kappa shape index (κ3) is 7.40. The Labute approximate surface area is 244 Å². The van der Waals surface area contributed by atoms with Crippen molar-refractivity contribution in [3.63, 3.8) is 0 Å². The third-order valence-corrected chi connectivity index (χ3v) is 8.27. The lowest BCUT2D eigenvalue weighted by atomic mass is 9.65. The van der Waals surface area contributed by atoms with Crippen LogP contribution in [0.25, 0.3) is 0 Å². The summed E-state index contributed by atoms with van der Waals surface area (Å²) in [5.74, 6) is 0.409. The van der Waals surface area contributed by atoms with E-state index in [9.17, 15) is 0 Å². The van der Waals surface area contributed by atoms with Crippen LogP contribution < -0.4 is 0 Å². The predicted octanol–water partition coefficient (Wildman–Crippen LogP) is 11.8. The van der Waals surface area contributed by atoms with Gasteiger partial charge in [-0.2, -0.15) is 0 Å². The highest BCUT2D eigenvalue weighted by molar-refractivity contribution is 5.54. The van der Waals surface area contributed by atoms with Gasteiger partial charge in [0.25, 0.3) is 0 Å². The van der Waals surface area contributed by atoms with E-state index in [0.717, 1.165) is 6.42 Å². The van der Waals surface area contributed by atoms with Crippen LogP contribution in [0.1, 0.15) is 182 Å². The van der Waals surface area contributed by atoms with Gasteiger partial charge >= 0.3 is 0 Å². The summed E-state index contributed by atoms with van der Waals surface area (Å²) in [5, 5.41) is 0. The number of benzene rings is 2. The second-order valence-electron chi connectivity index (χ2n) is 18.6. The van der Waals surface area contributed by atoms with E-state index in [4.69, 9.17) is 0 Å². The molecule has 0 aliphatic rings. The summed E-state index contributed by atoms with van der Waals surface area (Å²) in [6.45, 7) is 45.6. The molecule has 0 nitrogen and oxygen atoms in total. The topological polar surface area (TPSA) is 0 Å². The first-order chi connectivity index (χ1) is 17.1. The lowest BCUT2D eigenvalue weighted by molar-refractivity contribution is 0.488. The van der Waals surface area contributed by atoms with E-state index in [-0.39, 0.29) is 32.5 Å². The van der Waals surface area contributed by atoms with Crippen molar-refractivity contribution < 1.29 is 0 Å². The first kappa shape index (κ1) is 33.6. The van der Waals surface area contributed by atoms with Crippen LogP contribution in [0, 0.1) is 0 Å². The summed E-state index contributed by atoms with van der Waals surface area (Å²) in [6, 6.07) is 9.84. The van der Waals surface area contributed by atoms with Gasteiger partial charge < -0.3 is 0 Å². The molecule has 0 saturated carbocycles. The van der Waals surface area contributed by atoms with Gasteiger partial charge in [-0.25, -0.2) is 0 Å². The van der Waals surface area contributed by atoms with Crippen molar-refractivity contribution in [3.05, 3.63) is 68.8 Å². The highest BCUT2D eigenvalue weighted by Gasteiger charge is 2.36. The molecule has 2 aromatic carbocycles. The molecular weight excluding hydrogens is 468 g/mol. The summed E-state index contributed by atoms with van der Waals surface area (Å²) in [4.78, 5) is 0. The molecule has 220 valence electrons. The molecule has 39 heavy (non-hydrogen) atoms. The van der Waals surface area contributed by atoms with Gasteiger partial charge in [0, 0.05) is 0 Å². The summed E-state index contributed by atoms with van der Waals surface area (Å²) >= 11 is 0. The second-order valence-corrected chi connectivity index (χ2v) is 18.6. The Bertz CT molecular complexity index is 1160. The van der Waals surface area contributed by atoms with Crippen LogP contribution in [-0.2, 0) is 38.9 Å². The zero-order valence-electron chi connectivity index (χ0n) is 29.6. The van der Waals surface area contributed by atoms with Crippen molar-refractivity contribution in [3.8, 4) is 0 Å². The van der Waals surface area contributed by atoms with E-state index in [1.165, 1.54) is 22.3 Å². The largest absolute Gasteiger partial charge is 0.0581 e. The summed E-state index contributed by atoms with van der Waals surface area (Å²) in [7, 11) is 0. The molecule has 1 unspecified atom stereocenters. The van der Waals surface area contributed by atoms with E-state index >= 15 is 0 Å². The SMILES string of the molecule is CC(Cc1c(C(C)(C)C)ccc(C(C)(C)C)c1C(C)(C)C)c1ccc(C(C)(C)C)c(C(C)(C)C)c1C(C)(C)C. The molecule has 0 heteroatoms. The highest BCUT2D eigenvalue weighted by Crippen LogP contribution is 2.47. The van der Waals surface area contributed by atoms with Crippen molar-refractivity contribution in [2.75, 3.05) is 0 Å². The lowest BCUT2D eigenvalue weighted by Crippen LogP contribution is -2.30. The Morgan fingerprint density at radius 2 is 0.744 bits per heavy atom. The van der Waals surface area contributed by atoms with Crippen LogP contribution in [0.15, 0.2) is 24.3 Å². The number of hydrogen-bond donors (Lipinski definition) is 0. The summed E-state index contributed by atoms with van der Waals surface area (Å²) in [6.07, 6.45) is 1.06. The van der Waals surface area contributed by atoms with E-state index in [1.54, 1.807) is 22.3 Å². The van der Waals surface area contributed by atoms with Gasteiger partial charge in [-0.15, -0.1) is 0 Å². The van der Waals surface area contributed by atoms with E-state index < -0.39 is 0 Å². The molecule has 2 rings (SSSR count). The maximum atomic E-state index is 2.49. The normalized spacial score (nSPS) is 15.1. The smallest absolute Gasteiger partial charge is 0.0126 e. The van der Waals surface area contributed by atoms with Gasteiger partial charge in [-0.05, 0) is 89.3 Å². The standard InChI is InChI=1S/C39H64/c1-25(26-20-21-30(36(8,9)10)33(39(17,18)19)32(26)38(14,15)16)24-27-28(34(2,3)4)22-23-29(35(5,6)7)31(27)37(11,12)13/h20-23,25H,24H2,1-19H3. The van der Waals surface area contributed by atoms with E-state index in [2.05, 4.69) is 156 Å². The maximum absolute atomic E-state index is 2.49. The molecule has 0 N–H and O–H groups in total. The molecular formula is C39H64. The number of hydrogen-bond acceptors (Lipinski definition) is 0. The van der Waals surface area contributed by atoms with Gasteiger partial charge in [0.15, 0.2) is 0 Å². The molecule has 0 bridgehead atoms. The highest BCUT2D eigenvalue weighted by atomic mass is 14.4. The number of rotatable bonds is 3. The summed E-state index contributed by atoms with van der Waals surface area (Å²) in [5.41, 5.74) is 12.8. The van der Waals surface area contributed by atoms with Crippen molar-refractivity contribution in [2.24, 2.45) is 0 Å². The Kier molecular flexibility index (Phi) is 8.94. The summed E-state index contributed by atoms with van der Waals surface area (Å²) < 4.78 is 0. The Balaban J connectivity index is 3.00. The molecule has 0 saturated heterocycles. The molecule has 0 aliphatic carbocycles. The quantitative estimate of drug-likeness (QED) is 0.369. The van der Waals surface area contributed by atoms with Gasteiger partial charge in [0.1, 0.15) is 0 Å². The Morgan fingerprint density at radius 3 is 1.10 bits per heavy atom. The molecule has 0 amide bonds. The fraction of sp³-hybridized carbons (Fsp3) is 0.692. The van der Waals surface area contributed by atoms with Crippen molar-refractivity contribution in [1.29, 1.82) is 0 Å². The van der Waals surface area contributed by atoms with Crippen LogP contribution in [0.2, 0.25) is 0 Å². The first-order valence-corrected chi connectivity index (χ1v) is 15.4. The van der Waals surface area contributed by atoms with E-state index in [0.29, 0.717) is 5.92 Å². The van der Waals surface area contributed by atoms with Crippen molar-refractivity contribution >= 4 is 0 Å². The van der Waals surface area contributed by atoms with Gasteiger partial charge in [0.2, 0.25) is 0 Å². The minimum absolute atomic E-state index is 0.0560. The van der Waals surface area contributed by atoms with E-state index in [1.807, 2.05) is 0 Å². The monoisotopic (exact) mass is 533 g/mol. The molecule has 0 spiro atoms. The van der Waals surface area contributed by atoms with Crippen LogP contribution in [0.5, 0.6) is 0 Å². The predicted molar refractivity (Wildman–Crippen MR) is 177 cm³/mol. The molecule has 1 atom stereocenters. The zero-order valence-corrected chi connectivity index (χ0v) is 29.6. The fourth-order valence-corrected chi connectivity index (χ4v) is 6.70. The molecule has 2 aromatic rings. The van der Waals surface area contributed by atoms with Crippen LogP contribution in [0.4, 0.5) is 0 Å². The maximum Gasteiger partial charge on any atom is -0.0126 e. The average molecular weight is 533 g/mol. The zero-order chi connectivity index (χ0) is 30.7. The van der Waals surface area contributed by atoms with Crippen LogP contribution >= 0.6 is 0 Å². The molecule has 0 fully saturated rings. The molecule has 0 aromatic heterocycles. The minimum Gasteiger partial charge on any atom is -0.0581 e. The van der Waals surface area contributed by atoms with Crippen molar-refractivity contribution in [2.45, 2.75) is 176 Å². The van der Waals surface area contributed by atoms with Gasteiger partial charge in [-0.3, -0.25) is 0 Å². The third-order valence-electron chi connectivity index (χ3n) is 8.27. The van der Waals surface area contributed by atoms with Crippen LogP contribution in [0.3, 0.4) is 0 Å². The molecule has 0 radical (unpaired) electrons. The average Bonchev–Trinajstić information content (AvgIpc) is 2.67. The van der Waals surface area contributed by atoms with Crippen LogP contribution in [-0.4, -0.2) is 0 Å². The minimum atomic E-state index is 0.0560. The molecule has 0 heterocycles. The second kappa shape index (κ2) is 10.4. The first-order valence-electron chi connectivity index (χ1n) is 15.4. The van der Waals surface area contributed by atoms with Gasteiger partial charge in [-0.1, -0.05) is 156 Å². The van der Waals surface area contributed by atoms with Gasteiger partial charge in [0.05, 0.1) is 0 Å². The Hall–Kier alpha value is -1.56. The molecule has 0 aliphatic heterocycles.